The summed E-state index contributed by atoms with van der Waals surface area (Å²) in [6.07, 6.45) is -6.05. The van der Waals surface area contributed by atoms with E-state index in [1.165, 1.54) is 36.4 Å². The molecule has 0 radical (unpaired) electrons. The van der Waals surface area contributed by atoms with Crippen molar-refractivity contribution in [2.75, 3.05) is 6.61 Å². The van der Waals surface area contributed by atoms with Gasteiger partial charge < -0.3 is 10.1 Å². The van der Waals surface area contributed by atoms with E-state index in [1.807, 2.05) is 6.92 Å². The zero-order chi connectivity index (χ0) is 29.8. The van der Waals surface area contributed by atoms with Crippen molar-refractivity contribution in [2.24, 2.45) is 11.3 Å². The molecule has 11 heteroatoms. The third kappa shape index (κ3) is 8.02. The van der Waals surface area contributed by atoms with Crippen LogP contribution in [0.3, 0.4) is 0 Å². The first-order chi connectivity index (χ1) is 18.6. The number of aryl methyl sites for hydroxylation is 1. The standard InChI is InChI=1S/C29H31ClF5NO4/c1-16(19-7-8-19)36-27(39)21-13-18(5-10-24(21)40-15-26(31)32)14-23(37)20-12-17(4-9-22(20)30)6-11-25(38)28(2,3)29(33,34)35/h4-5,9-10,12-13,16,19,26H,6-8,11,14-15H2,1-3H3,(H,36,39). The Morgan fingerprint density at radius 2 is 1.65 bits per heavy atom. The van der Waals surface area contributed by atoms with Crippen LogP contribution in [0.25, 0.3) is 0 Å². The minimum Gasteiger partial charge on any atom is -0.487 e. The Morgan fingerprint density at radius 1 is 1.02 bits per heavy atom. The number of hydrogen-bond donors (Lipinski definition) is 1. The van der Waals surface area contributed by atoms with Crippen LogP contribution in [0.5, 0.6) is 5.75 Å². The highest BCUT2D eigenvalue weighted by Crippen LogP contribution is 2.39. The van der Waals surface area contributed by atoms with E-state index in [4.69, 9.17) is 16.3 Å². The fraction of sp³-hybridized carbons (Fsp3) is 0.483. The van der Waals surface area contributed by atoms with E-state index in [9.17, 15) is 36.3 Å². The van der Waals surface area contributed by atoms with E-state index in [1.54, 1.807) is 0 Å². The molecule has 0 heterocycles. The summed E-state index contributed by atoms with van der Waals surface area (Å²) in [6, 6.07) is 8.53. The van der Waals surface area contributed by atoms with E-state index >= 15 is 0 Å². The van der Waals surface area contributed by atoms with E-state index in [0.29, 0.717) is 17.0 Å². The van der Waals surface area contributed by atoms with Crippen LogP contribution in [0.2, 0.25) is 5.02 Å². The molecule has 1 aliphatic rings. The van der Waals surface area contributed by atoms with Crippen LogP contribution in [0.1, 0.15) is 71.9 Å². The second kappa shape index (κ2) is 12.7. The number of nitrogens with one attached hydrogen (secondary N) is 1. The lowest BCUT2D eigenvalue weighted by atomic mass is 9.84. The molecule has 0 bridgehead atoms. The van der Waals surface area contributed by atoms with Gasteiger partial charge in [-0.2, -0.15) is 13.2 Å². The van der Waals surface area contributed by atoms with Crippen molar-refractivity contribution < 1.29 is 41.1 Å². The van der Waals surface area contributed by atoms with Gasteiger partial charge in [0.15, 0.2) is 5.78 Å². The molecule has 2 aromatic rings. The Morgan fingerprint density at radius 3 is 2.25 bits per heavy atom. The minimum absolute atomic E-state index is 0.0177. The zero-order valence-corrected chi connectivity index (χ0v) is 23.1. The number of carbonyl (C=O) groups excluding carboxylic acids is 3. The van der Waals surface area contributed by atoms with Gasteiger partial charge in [0.05, 0.1) is 10.6 Å². The summed E-state index contributed by atoms with van der Waals surface area (Å²) in [6.45, 7) is 2.62. The molecule has 40 heavy (non-hydrogen) atoms. The Hall–Kier alpha value is -3.01. The Balaban J connectivity index is 1.77. The van der Waals surface area contributed by atoms with E-state index in [2.05, 4.69) is 5.32 Å². The van der Waals surface area contributed by atoms with Crippen LogP contribution in [0.15, 0.2) is 36.4 Å². The van der Waals surface area contributed by atoms with Gasteiger partial charge in [0.2, 0.25) is 0 Å². The molecule has 2 aromatic carbocycles. The molecule has 5 nitrogen and oxygen atoms in total. The highest BCUT2D eigenvalue weighted by Gasteiger charge is 2.51. The topological polar surface area (TPSA) is 72.5 Å². The molecule has 1 unspecified atom stereocenters. The Kier molecular flexibility index (Phi) is 9.98. The van der Waals surface area contributed by atoms with Crippen molar-refractivity contribution in [1.29, 1.82) is 0 Å². The number of amides is 1. The predicted octanol–water partition coefficient (Wildman–Crippen LogP) is 7.03. The summed E-state index contributed by atoms with van der Waals surface area (Å²) < 4.78 is 70.1. The molecular formula is C29H31ClF5NO4. The number of alkyl halides is 5. The third-order valence-electron chi connectivity index (χ3n) is 7.08. The van der Waals surface area contributed by atoms with Gasteiger partial charge in [-0.25, -0.2) is 8.78 Å². The predicted molar refractivity (Wildman–Crippen MR) is 140 cm³/mol. The number of hydrogen-bond acceptors (Lipinski definition) is 4. The minimum atomic E-state index is -4.68. The number of ketones is 2. The largest absolute Gasteiger partial charge is 0.487 e. The van der Waals surface area contributed by atoms with Crippen LogP contribution in [0.4, 0.5) is 22.0 Å². The summed E-state index contributed by atoms with van der Waals surface area (Å²) in [5.74, 6) is -1.61. The maximum absolute atomic E-state index is 13.2. The molecule has 3 rings (SSSR count). The second-order valence-electron chi connectivity index (χ2n) is 10.6. The van der Waals surface area contributed by atoms with Gasteiger partial charge in [0.25, 0.3) is 12.3 Å². The van der Waals surface area contributed by atoms with Gasteiger partial charge in [0.1, 0.15) is 23.6 Å². The molecule has 1 saturated carbocycles. The van der Waals surface area contributed by atoms with Gasteiger partial charge in [-0.05, 0) is 81.3 Å². The van der Waals surface area contributed by atoms with Crippen molar-refractivity contribution in [3.63, 3.8) is 0 Å². The smallest absolute Gasteiger partial charge is 0.400 e. The summed E-state index contributed by atoms with van der Waals surface area (Å²) in [7, 11) is 0. The molecule has 1 atom stereocenters. The molecule has 0 saturated heterocycles. The number of ether oxygens (including phenoxy) is 1. The lowest BCUT2D eigenvalue weighted by Crippen LogP contribution is -2.39. The summed E-state index contributed by atoms with van der Waals surface area (Å²) in [5, 5.41) is 2.96. The summed E-state index contributed by atoms with van der Waals surface area (Å²) >= 11 is 6.23. The molecule has 1 N–H and O–H groups in total. The highest BCUT2D eigenvalue weighted by atomic mass is 35.5. The second-order valence-corrected chi connectivity index (χ2v) is 11.0. The molecular weight excluding hydrogens is 557 g/mol. The van der Waals surface area contributed by atoms with Crippen molar-refractivity contribution in [3.05, 3.63) is 63.7 Å². The van der Waals surface area contributed by atoms with E-state index in [0.717, 1.165) is 26.7 Å². The fourth-order valence-electron chi connectivity index (χ4n) is 4.09. The van der Waals surface area contributed by atoms with Gasteiger partial charge >= 0.3 is 6.18 Å². The van der Waals surface area contributed by atoms with E-state index in [-0.39, 0.29) is 47.2 Å². The zero-order valence-electron chi connectivity index (χ0n) is 22.3. The molecule has 0 aliphatic heterocycles. The third-order valence-corrected chi connectivity index (χ3v) is 7.41. The number of rotatable bonds is 13. The fourth-order valence-corrected chi connectivity index (χ4v) is 4.32. The van der Waals surface area contributed by atoms with Crippen molar-refractivity contribution in [2.45, 2.75) is 71.5 Å². The maximum Gasteiger partial charge on any atom is 0.400 e. The van der Waals surface area contributed by atoms with Crippen LogP contribution in [-0.4, -0.2) is 42.7 Å². The highest BCUT2D eigenvalue weighted by molar-refractivity contribution is 6.34. The van der Waals surface area contributed by atoms with E-state index < -0.39 is 42.1 Å². The van der Waals surface area contributed by atoms with Crippen LogP contribution >= 0.6 is 11.6 Å². The molecule has 1 aliphatic carbocycles. The maximum atomic E-state index is 13.2. The van der Waals surface area contributed by atoms with Crippen LogP contribution in [0, 0.1) is 11.3 Å². The van der Waals surface area contributed by atoms with Crippen molar-refractivity contribution in [3.8, 4) is 5.75 Å². The molecule has 1 fully saturated rings. The van der Waals surface area contributed by atoms with Gasteiger partial charge in [0, 0.05) is 24.4 Å². The van der Waals surface area contributed by atoms with Crippen LogP contribution in [-0.2, 0) is 17.6 Å². The number of benzene rings is 2. The van der Waals surface area contributed by atoms with Gasteiger partial charge in [-0.15, -0.1) is 0 Å². The number of halogens is 6. The van der Waals surface area contributed by atoms with Crippen molar-refractivity contribution in [1.82, 2.24) is 5.32 Å². The average Bonchev–Trinajstić information content (AvgIpc) is 3.72. The lowest BCUT2D eigenvalue weighted by Gasteiger charge is -2.26. The summed E-state index contributed by atoms with van der Waals surface area (Å²) in [4.78, 5) is 38.3. The Bertz CT molecular complexity index is 1260. The average molecular weight is 588 g/mol. The summed E-state index contributed by atoms with van der Waals surface area (Å²) in [5.41, 5.74) is -1.51. The number of carbonyl (C=O) groups is 3. The first-order valence-electron chi connectivity index (χ1n) is 12.9. The first kappa shape index (κ1) is 31.5. The number of Topliss-reactive ketones (excluding diaryl/α,β-unsaturated/α-hetero) is 2. The SMILES string of the molecule is CC(NC(=O)c1cc(CC(=O)c2cc(CCC(=O)C(C)(C)C(F)(F)F)ccc2Cl)ccc1OCC(F)F)C1CC1. The van der Waals surface area contributed by atoms with Gasteiger partial charge in [-0.1, -0.05) is 23.7 Å². The normalized spacial score (nSPS) is 14.7. The molecule has 218 valence electrons. The monoisotopic (exact) mass is 587 g/mol. The molecule has 1 amide bonds. The molecule has 0 spiro atoms. The lowest BCUT2D eigenvalue weighted by molar-refractivity contribution is -0.210. The van der Waals surface area contributed by atoms with Gasteiger partial charge in [-0.3, -0.25) is 14.4 Å². The first-order valence-corrected chi connectivity index (χ1v) is 13.2. The van der Waals surface area contributed by atoms with Crippen LogP contribution < -0.4 is 10.1 Å². The molecule has 0 aromatic heterocycles. The van der Waals surface area contributed by atoms with Crippen molar-refractivity contribution >= 4 is 29.1 Å². The Labute approximate surface area is 234 Å². The quantitative estimate of drug-likeness (QED) is 0.202.